The minimum absolute atomic E-state index is 0.00872. The van der Waals surface area contributed by atoms with Crippen LogP contribution in [0.4, 0.5) is 0 Å². The molecular weight excluding hydrogens is 492 g/mol. The third-order valence-corrected chi connectivity index (χ3v) is 7.76. The van der Waals surface area contributed by atoms with Crippen LogP contribution in [0.3, 0.4) is 0 Å². The monoisotopic (exact) mass is 522 g/mol. The SMILES string of the molecule is Cc1cc(-n2ccc(C3CC3)n2)ccc1OCc1c(-c2c(C(=O)O)ccc(C)c2C(=O)O)cccc1C1CC1. The summed E-state index contributed by atoms with van der Waals surface area (Å²) in [6.07, 6.45) is 6.49. The van der Waals surface area contributed by atoms with Crippen LogP contribution in [0.5, 0.6) is 5.75 Å². The second-order valence-electron chi connectivity index (χ2n) is 10.6. The smallest absolute Gasteiger partial charge is 0.336 e. The average Bonchev–Trinajstić information content (AvgIpc) is 3.86. The summed E-state index contributed by atoms with van der Waals surface area (Å²) in [5.41, 5.74) is 6.28. The first kappa shape index (κ1) is 24.9. The Kier molecular flexibility index (Phi) is 6.22. The van der Waals surface area contributed by atoms with Crippen LogP contribution >= 0.6 is 0 Å². The topological polar surface area (TPSA) is 102 Å². The maximum absolute atomic E-state index is 12.3. The standard InChI is InChI=1S/C32H30N2O5/c1-18-6-12-25(31(35)36)30(29(18)32(37)38)24-5-3-4-23(20-7-8-20)26(24)17-39-28-13-11-22(16-19(28)2)34-15-14-27(33-34)21-9-10-21/h3-6,11-16,20-21H,7-10,17H2,1-2H3,(H,35,36)(H,37,38). The van der Waals surface area contributed by atoms with Gasteiger partial charge in [0, 0.05) is 23.2 Å². The maximum atomic E-state index is 12.3. The molecule has 198 valence electrons. The van der Waals surface area contributed by atoms with E-state index in [0.29, 0.717) is 28.7 Å². The van der Waals surface area contributed by atoms with Crippen LogP contribution < -0.4 is 4.74 Å². The number of rotatable bonds is 9. The Labute approximate surface area is 226 Å². The third-order valence-electron chi connectivity index (χ3n) is 7.76. The van der Waals surface area contributed by atoms with Crippen LogP contribution in [0.2, 0.25) is 0 Å². The number of carbonyl (C=O) groups is 2. The number of carboxylic acids is 2. The number of hydrogen-bond donors (Lipinski definition) is 2. The molecule has 0 spiro atoms. The molecule has 7 nitrogen and oxygen atoms in total. The van der Waals surface area contributed by atoms with Crippen molar-refractivity contribution in [2.45, 2.75) is 58.0 Å². The van der Waals surface area contributed by atoms with Crippen molar-refractivity contribution in [3.63, 3.8) is 0 Å². The van der Waals surface area contributed by atoms with Crippen molar-refractivity contribution in [3.05, 3.63) is 99.9 Å². The highest BCUT2D eigenvalue weighted by Gasteiger charge is 2.30. The fourth-order valence-electron chi connectivity index (χ4n) is 5.38. The summed E-state index contributed by atoms with van der Waals surface area (Å²) in [7, 11) is 0. The number of benzene rings is 3. The van der Waals surface area contributed by atoms with Crippen molar-refractivity contribution in [1.29, 1.82) is 0 Å². The van der Waals surface area contributed by atoms with Crippen molar-refractivity contribution in [1.82, 2.24) is 9.78 Å². The van der Waals surface area contributed by atoms with Crippen LogP contribution in [0.15, 0.2) is 60.8 Å². The van der Waals surface area contributed by atoms with Crippen molar-refractivity contribution in [2.24, 2.45) is 0 Å². The van der Waals surface area contributed by atoms with Crippen molar-refractivity contribution in [3.8, 4) is 22.6 Å². The number of hydrogen-bond acceptors (Lipinski definition) is 4. The molecule has 2 saturated carbocycles. The average molecular weight is 523 g/mol. The van der Waals surface area contributed by atoms with Gasteiger partial charge in [0.25, 0.3) is 0 Å². The first-order valence-electron chi connectivity index (χ1n) is 13.3. The lowest BCUT2D eigenvalue weighted by atomic mass is 9.86. The van der Waals surface area contributed by atoms with Crippen LogP contribution in [0.25, 0.3) is 16.8 Å². The fourth-order valence-corrected chi connectivity index (χ4v) is 5.38. The molecule has 6 rings (SSSR count). The molecule has 7 heteroatoms. The molecule has 2 aliphatic carbocycles. The highest BCUT2D eigenvalue weighted by molar-refractivity contribution is 6.06. The molecule has 39 heavy (non-hydrogen) atoms. The van der Waals surface area contributed by atoms with E-state index in [1.807, 2.05) is 54.2 Å². The van der Waals surface area contributed by atoms with Gasteiger partial charge < -0.3 is 14.9 Å². The van der Waals surface area contributed by atoms with E-state index in [2.05, 4.69) is 6.07 Å². The molecule has 0 radical (unpaired) electrons. The highest BCUT2D eigenvalue weighted by Crippen LogP contribution is 2.45. The molecule has 0 bridgehead atoms. The molecule has 0 atom stereocenters. The molecule has 1 aromatic heterocycles. The fraction of sp³-hybridized carbons (Fsp3) is 0.281. The molecule has 2 fully saturated rings. The van der Waals surface area contributed by atoms with E-state index in [9.17, 15) is 19.8 Å². The molecule has 1 heterocycles. The van der Waals surface area contributed by atoms with Gasteiger partial charge in [-0.15, -0.1) is 0 Å². The summed E-state index contributed by atoms with van der Waals surface area (Å²) in [6, 6.07) is 16.8. The second-order valence-corrected chi connectivity index (χ2v) is 10.6. The predicted molar refractivity (Wildman–Crippen MR) is 147 cm³/mol. The second kappa shape index (κ2) is 9.73. The third kappa shape index (κ3) is 4.80. The van der Waals surface area contributed by atoms with Gasteiger partial charge >= 0.3 is 11.9 Å². The summed E-state index contributed by atoms with van der Waals surface area (Å²) in [5, 5.41) is 24.8. The van der Waals surface area contributed by atoms with E-state index in [1.165, 1.54) is 18.9 Å². The minimum atomic E-state index is -1.16. The molecule has 2 N–H and O–H groups in total. The Hall–Kier alpha value is -4.39. The summed E-state index contributed by atoms with van der Waals surface area (Å²) in [4.78, 5) is 24.5. The van der Waals surface area contributed by atoms with Gasteiger partial charge in [-0.25, -0.2) is 14.3 Å². The summed E-state index contributed by atoms with van der Waals surface area (Å²) >= 11 is 0. The zero-order valence-electron chi connectivity index (χ0n) is 22.0. The number of ether oxygens (including phenoxy) is 1. The summed E-state index contributed by atoms with van der Waals surface area (Å²) in [5.74, 6) is -0.646. The van der Waals surface area contributed by atoms with E-state index >= 15 is 0 Å². The van der Waals surface area contributed by atoms with Crippen LogP contribution in [0.1, 0.15) is 86.2 Å². The van der Waals surface area contributed by atoms with E-state index in [-0.39, 0.29) is 23.3 Å². The summed E-state index contributed by atoms with van der Waals surface area (Å²) < 4.78 is 8.25. The molecule has 0 aliphatic heterocycles. The van der Waals surface area contributed by atoms with Gasteiger partial charge in [0.15, 0.2) is 0 Å². The predicted octanol–water partition coefficient (Wildman–Crippen LogP) is 6.89. The number of aromatic nitrogens is 2. The van der Waals surface area contributed by atoms with Crippen LogP contribution in [-0.4, -0.2) is 31.9 Å². The van der Waals surface area contributed by atoms with Crippen LogP contribution in [-0.2, 0) is 6.61 Å². The van der Waals surface area contributed by atoms with E-state index in [4.69, 9.17) is 9.84 Å². The van der Waals surface area contributed by atoms with Crippen molar-refractivity contribution < 1.29 is 24.5 Å². The van der Waals surface area contributed by atoms with Crippen molar-refractivity contribution in [2.75, 3.05) is 0 Å². The Balaban J connectivity index is 1.37. The maximum Gasteiger partial charge on any atom is 0.336 e. The van der Waals surface area contributed by atoms with Gasteiger partial charge in [-0.3, -0.25) is 0 Å². The van der Waals surface area contributed by atoms with E-state index in [1.54, 1.807) is 13.0 Å². The van der Waals surface area contributed by atoms with Crippen LogP contribution in [0, 0.1) is 13.8 Å². The zero-order chi connectivity index (χ0) is 27.3. The number of nitrogens with zero attached hydrogens (tertiary/aromatic N) is 2. The van der Waals surface area contributed by atoms with Gasteiger partial charge in [0.1, 0.15) is 12.4 Å². The number of aromatic carboxylic acids is 2. The lowest BCUT2D eigenvalue weighted by molar-refractivity contribution is 0.0695. The quantitative estimate of drug-likeness (QED) is 0.248. The first-order chi connectivity index (χ1) is 18.8. The van der Waals surface area contributed by atoms with E-state index < -0.39 is 11.9 Å². The lowest BCUT2D eigenvalue weighted by Crippen LogP contribution is -2.12. The molecule has 4 aromatic rings. The first-order valence-corrected chi connectivity index (χ1v) is 13.3. The van der Waals surface area contributed by atoms with Gasteiger partial charge in [0.2, 0.25) is 0 Å². The Morgan fingerprint density at radius 2 is 1.69 bits per heavy atom. The molecule has 2 aliphatic rings. The minimum Gasteiger partial charge on any atom is -0.489 e. The largest absolute Gasteiger partial charge is 0.489 e. The lowest BCUT2D eigenvalue weighted by Gasteiger charge is -2.20. The molecule has 0 unspecified atom stereocenters. The molecular formula is C32H30N2O5. The molecule has 3 aromatic carbocycles. The normalized spacial score (nSPS) is 14.8. The molecule has 0 amide bonds. The Morgan fingerprint density at radius 3 is 2.36 bits per heavy atom. The highest BCUT2D eigenvalue weighted by atomic mass is 16.5. The van der Waals surface area contributed by atoms with E-state index in [0.717, 1.165) is 40.9 Å². The Morgan fingerprint density at radius 1 is 0.923 bits per heavy atom. The van der Waals surface area contributed by atoms with Crippen molar-refractivity contribution >= 4 is 11.9 Å². The Bertz CT molecular complexity index is 1610. The van der Waals surface area contributed by atoms with Gasteiger partial charge in [-0.05, 0) is 98.0 Å². The van der Waals surface area contributed by atoms with Gasteiger partial charge in [-0.1, -0.05) is 24.3 Å². The van der Waals surface area contributed by atoms with Gasteiger partial charge in [0.05, 0.1) is 22.5 Å². The number of carboxylic acid groups (broad SMARTS) is 2. The molecule has 0 saturated heterocycles. The summed E-state index contributed by atoms with van der Waals surface area (Å²) in [6.45, 7) is 3.88. The number of aryl methyl sites for hydroxylation is 2. The van der Waals surface area contributed by atoms with Gasteiger partial charge in [-0.2, -0.15) is 5.10 Å². The zero-order valence-corrected chi connectivity index (χ0v) is 22.0.